The molecule has 1 aromatic carbocycles. The summed E-state index contributed by atoms with van der Waals surface area (Å²) in [6.45, 7) is 7.28. The van der Waals surface area contributed by atoms with Gasteiger partial charge in [0.2, 0.25) is 0 Å². The molecule has 1 unspecified atom stereocenters. The Morgan fingerprint density at radius 1 is 1.36 bits per heavy atom. The Morgan fingerprint density at radius 2 is 2.16 bits per heavy atom. The molecule has 0 aliphatic carbocycles. The van der Waals surface area contributed by atoms with E-state index in [9.17, 15) is 9.50 Å². The minimum atomic E-state index is -0.596. The van der Waals surface area contributed by atoms with Crippen molar-refractivity contribution in [2.75, 3.05) is 53.0 Å². The van der Waals surface area contributed by atoms with Gasteiger partial charge in [-0.15, -0.1) is 0 Å². The Morgan fingerprint density at radius 3 is 2.88 bits per heavy atom. The minimum Gasteiger partial charge on any atom is -0.505 e. The Kier molecular flexibility index (Phi) is 6.09. The van der Waals surface area contributed by atoms with Crippen LogP contribution < -0.4 is 5.32 Å². The third kappa shape index (κ3) is 4.83. The van der Waals surface area contributed by atoms with Gasteiger partial charge in [0, 0.05) is 46.3 Å². The number of hydrogen-bond acceptors (Lipinski definition) is 4. The van der Waals surface area contributed by atoms with Gasteiger partial charge in [-0.05, 0) is 30.0 Å². The molecular formula is C18H27FN4O2. The van der Waals surface area contributed by atoms with Gasteiger partial charge < -0.3 is 20.1 Å². The average molecular weight is 350 g/mol. The van der Waals surface area contributed by atoms with Crippen LogP contribution >= 0.6 is 0 Å². The van der Waals surface area contributed by atoms with Gasteiger partial charge in [-0.1, -0.05) is 6.07 Å². The van der Waals surface area contributed by atoms with Crippen molar-refractivity contribution in [3.05, 3.63) is 29.6 Å². The van der Waals surface area contributed by atoms with Crippen LogP contribution in [0.15, 0.2) is 23.2 Å². The summed E-state index contributed by atoms with van der Waals surface area (Å²) in [5.74, 6) is 0.570. The van der Waals surface area contributed by atoms with Crippen molar-refractivity contribution in [1.29, 1.82) is 0 Å². The fourth-order valence-electron chi connectivity index (χ4n) is 3.50. The third-order valence-corrected chi connectivity index (χ3v) is 4.88. The van der Waals surface area contributed by atoms with Crippen LogP contribution in [0.2, 0.25) is 0 Å². The number of phenolic OH excluding ortho intramolecular Hbond substituents is 1. The van der Waals surface area contributed by atoms with E-state index in [0.29, 0.717) is 12.5 Å². The maximum absolute atomic E-state index is 13.4. The molecule has 0 saturated carbocycles. The lowest BCUT2D eigenvalue weighted by Gasteiger charge is -2.29. The summed E-state index contributed by atoms with van der Waals surface area (Å²) < 4.78 is 18.8. The van der Waals surface area contributed by atoms with Crippen LogP contribution in [0.4, 0.5) is 4.39 Å². The number of aromatic hydroxyl groups is 1. The maximum atomic E-state index is 13.4. The molecule has 2 fully saturated rings. The predicted octanol–water partition coefficient (Wildman–Crippen LogP) is 1.26. The normalized spacial score (nSPS) is 22.4. The first-order chi connectivity index (χ1) is 12.2. The van der Waals surface area contributed by atoms with Crippen molar-refractivity contribution in [2.24, 2.45) is 10.9 Å². The van der Waals surface area contributed by atoms with Crippen LogP contribution in [0.1, 0.15) is 12.0 Å². The summed E-state index contributed by atoms with van der Waals surface area (Å²) >= 11 is 0. The third-order valence-electron chi connectivity index (χ3n) is 4.88. The van der Waals surface area contributed by atoms with Gasteiger partial charge in [-0.25, -0.2) is 4.39 Å². The smallest absolute Gasteiger partial charge is 0.193 e. The molecule has 0 bridgehead atoms. The Bertz CT molecular complexity index is 605. The van der Waals surface area contributed by atoms with E-state index in [1.54, 1.807) is 13.1 Å². The lowest BCUT2D eigenvalue weighted by molar-refractivity contribution is 0.0315. The van der Waals surface area contributed by atoms with Gasteiger partial charge in [-0.2, -0.15) is 0 Å². The molecule has 0 spiro atoms. The fraction of sp³-hybridized carbons (Fsp3) is 0.611. The highest BCUT2D eigenvalue weighted by Gasteiger charge is 2.27. The van der Waals surface area contributed by atoms with Crippen LogP contribution in [0.25, 0.3) is 0 Å². The van der Waals surface area contributed by atoms with Gasteiger partial charge in [0.15, 0.2) is 17.5 Å². The molecule has 2 heterocycles. The summed E-state index contributed by atoms with van der Waals surface area (Å²) in [5, 5.41) is 12.6. The highest BCUT2D eigenvalue weighted by Crippen LogP contribution is 2.19. The van der Waals surface area contributed by atoms with E-state index in [4.69, 9.17) is 4.74 Å². The van der Waals surface area contributed by atoms with Crippen LogP contribution in [0, 0.1) is 11.7 Å². The molecule has 1 atom stereocenters. The molecule has 1 aromatic rings. The van der Waals surface area contributed by atoms with Crippen LogP contribution in [-0.4, -0.2) is 73.9 Å². The second-order valence-corrected chi connectivity index (χ2v) is 6.70. The van der Waals surface area contributed by atoms with Gasteiger partial charge in [0.1, 0.15) is 0 Å². The highest BCUT2D eigenvalue weighted by molar-refractivity contribution is 5.80. The zero-order valence-corrected chi connectivity index (χ0v) is 14.7. The van der Waals surface area contributed by atoms with E-state index in [1.165, 1.54) is 12.1 Å². The number of ether oxygens (including phenoxy) is 1. The highest BCUT2D eigenvalue weighted by atomic mass is 19.1. The van der Waals surface area contributed by atoms with Gasteiger partial charge in [0.25, 0.3) is 0 Å². The number of likely N-dealkylation sites (tertiary alicyclic amines) is 1. The van der Waals surface area contributed by atoms with Crippen molar-refractivity contribution in [3.8, 4) is 5.75 Å². The predicted molar refractivity (Wildman–Crippen MR) is 95.2 cm³/mol. The molecule has 6 nitrogen and oxygen atoms in total. The standard InChI is InChI=1S/C18H27FN4O2/c1-20-18(21-11-14-2-3-17(24)16(19)10-14)23-5-4-15(13-23)12-22-6-8-25-9-7-22/h2-3,10,15,24H,4-9,11-13H2,1H3,(H,20,21). The molecule has 2 aliphatic rings. The zero-order valence-electron chi connectivity index (χ0n) is 14.7. The van der Waals surface area contributed by atoms with Gasteiger partial charge in [-0.3, -0.25) is 9.89 Å². The summed E-state index contributed by atoms with van der Waals surface area (Å²) in [5.41, 5.74) is 0.778. The molecule has 3 rings (SSSR count). The lowest BCUT2D eigenvalue weighted by atomic mass is 10.1. The van der Waals surface area contributed by atoms with Crippen LogP contribution in [-0.2, 0) is 11.3 Å². The van der Waals surface area contributed by atoms with Crippen molar-refractivity contribution in [1.82, 2.24) is 15.1 Å². The Hall–Kier alpha value is -1.86. The quantitative estimate of drug-likeness (QED) is 0.632. The lowest BCUT2D eigenvalue weighted by Crippen LogP contribution is -2.42. The minimum absolute atomic E-state index is 0.321. The number of rotatable bonds is 4. The number of morpholine rings is 1. The van der Waals surface area contributed by atoms with Gasteiger partial charge in [0.05, 0.1) is 13.2 Å². The molecule has 2 aliphatic heterocycles. The monoisotopic (exact) mass is 350 g/mol. The zero-order chi connectivity index (χ0) is 17.6. The molecule has 25 heavy (non-hydrogen) atoms. The van der Waals surface area contributed by atoms with E-state index in [1.807, 2.05) is 0 Å². The molecule has 0 aromatic heterocycles. The van der Waals surface area contributed by atoms with Crippen LogP contribution in [0.3, 0.4) is 0 Å². The van der Waals surface area contributed by atoms with Crippen molar-refractivity contribution in [3.63, 3.8) is 0 Å². The first-order valence-electron chi connectivity index (χ1n) is 8.89. The number of halogens is 1. The molecule has 138 valence electrons. The van der Waals surface area contributed by atoms with E-state index in [-0.39, 0.29) is 5.75 Å². The van der Waals surface area contributed by atoms with E-state index < -0.39 is 5.82 Å². The van der Waals surface area contributed by atoms with E-state index in [2.05, 4.69) is 20.1 Å². The topological polar surface area (TPSA) is 60.3 Å². The number of benzene rings is 1. The molecule has 2 N–H and O–H groups in total. The first-order valence-corrected chi connectivity index (χ1v) is 8.89. The fourth-order valence-corrected chi connectivity index (χ4v) is 3.50. The summed E-state index contributed by atoms with van der Waals surface area (Å²) in [6, 6.07) is 4.44. The van der Waals surface area contributed by atoms with Crippen LogP contribution in [0.5, 0.6) is 5.75 Å². The second-order valence-electron chi connectivity index (χ2n) is 6.70. The number of phenols is 1. The number of guanidine groups is 1. The van der Waals surface area contributed by atoms with E-state index >= 15 is 0 Å². The van der Waals surface area contributed by atoms with Crippen molar-refractivity contribution >= 4 is 5.96 Å². The molecular weight excluding hydrogens is 323 g/mol. The average Bonchev–Trinajstić information content (AvgIpc) is 3.08. The Balaban J connectivity index is 1.49. The van der Waals surface area contributed by atoms with Gasteiger partial charge >= 0.3 is 0 Å². The molecule has 7 heteroatoms. The van der Waals surface area contributed by atoms with Crippen molar-refractivity contribution < 1.29 is 14.2 Å². The number of nitrogens with zero attached hydrogens (tertiary/aromatic N) is 3. The van der Waals surface area contributed by atoms with E-state index in [0.717, 1.165) is 63.9 Å². The summed E-state index contributed by atoms with van der Waals surface area (Å²) in [7, 11) is 1.77. The summed E-state index contributed by atoms with van der Waals surface area (Å²) in [6.07, 6.45) is 1.16. The molecule has 0 radical (unpaired) electrons. The van der Waals surface area contributed by atoms with Crippen molar-refractivity contribution in [2.45, 2.75) is 13.0 Å². The summed E-state index contributed by atoms with van der Waals surface area (Å²) in [4.78, 5) is 9.11. The maximum Gasteiger partial charge on any atom is 0.193 e. The largest absolute Gasteiger partial charge is 0.505 e. The number of aliphatic imine (C=N–C) groups is 1. The SMILES string of the molecule is CN=C(NCc1ccc(O)c(F)c1)N1CCC(CN2CCOCC2)C1. The number of hydrogen-bond donors (Lipinski definition) is 2. The second kappa shape index (κ2) is 8.49. The first kappa shape index (κ1) is 17.9. The number of nitrogens with one attached hydrogen (secondary N) is 1. The Labute approximate surface area is 148 Å². The molecule has 2 saturated heterocycles. The molecule has 0 amide bonds.